The molecule has 1 rings (SSSR count). The molecule has 7 heteroatoms. The highest BCUT2D eigenvalue weighted by Crippen LogP contribution is 2.19. The summed E-state index contributed by atoms with van der Waals surface area (Å²) in [7, 11) is 0. The minimum atomic E-state index is -4.31. The van der Waals surface area contributed by atoms with Gasteiger partial charge >= 0.3 is 12.1 Å². The smallest absolute Gasteiger partial charge is 0.390 e. The lowest BCUT2D eigenvalue weighted by Crippen LogP contribution is -2.18. The Morgan fingerprint density at radius 1 is 1.44 bits per heavy atom. The molecule has 0 radical (unpaired) electrons. The van der Waals surface area contributed by atoms with Gasteiger partial charge in [0, 0.05) is 25.0 Å². The first kappa shape index (κ1) is 12.3. The lowest BCUT2D eigenvalue weighted by Gasteiger charge is -2.09. The van der Waals surface area contributed by atoms with Gasteiger partial charge in [0.25, 0.3) is 0 Å². The van der Waals surface area contributed by atoms with Gasteiger partial charge in [0.15, 0.2) is 5.43 Å². The van der Waals surface area contributed by atoms with Crippen LogP contribution in [-0.4, -0.2) is 21.8 Å². The molecule has 0 aliphatic heterocycles. The van der Waals surface area contributed by atoms with Gasteiger partial charge in [-0.25, -0.2) is 4.79 Å². The van der Waals surface area contributed by atoms with Crippen LogP contribution in [0.3, 0.4) is 0 Å². The summed E-state index contributed by atoms with van der Waals surface area (Å²) in [6.07, 6.45) is -3.36. The summed E-state index contributed by atoms with van der Waals surface area (Å²) in [6, 6.07) is 0.930. The molecule has 88 valence electrons. The fourth-order valence-electron chi connectivity index (χ4n) is 1.08. The van der Waals surface area contributed by atoms with E-state index in [1.165, 1.54) is 0 Å². The van der Waals surface area contributed by atoms with Crippen LogP contribution in [-0.2, 0) is 6.54 Å². The number of carboxylic acids is 1. The molecule has 1 heterocycles. The fourth-order valence-corrected chi connectivity index (χ4v) is 1.08. The van der Waals surface area contributed by atoms with Crippen LogP contribution in [0.25, 0.3) is 0 Å². The number of rotatable bonds is 3. The molecule has 0 amide bonds. The van der Waals surface area contributed by atoms with Gasteiger partial charge < -0.3 is 9.67 Å². The number of nitrogens with zero attached hydrogens (tertiary/aromatic N) is 1. The van der Waals surface area contributed by atoms with Crippen molar-refractivity contribution in [2.24, 2.45) is 0 Å². The molecule has 4 nitrogen and oxygen atoms in total. The summed E-state index contributed by atoms with van der Waals surface area (Å²) in [4.78, 5) is 21.5. The van der Waals surface area contributed by atoms with Gasteiger partial charge in [-0.1, -0.05) is 0 Å². The van der Waals surface area contributed by atoms with Gasteiger partial charge in [-0.15, -0.1) is 0 Å². The number of hydrogen-bond acceptors (Lipinski definition) is 2. The third kappa shape index (κ3) is 3.41. The fraction of sp³-hybridized carbons (Fsp3) is 0.333. The highest BCUT2D eigenvalue weighted by Gasteiger charge is 2.26. The van der Waals surface area contributed by atoms with Crippen molar-refractivity contribution < 1.29 is 23.1 Å². The molecule has 0 aromatic carbocycles. The molecule has 1 N–H and O–H groups in total. The molecule has 0 aliphatic carbocycles. The summed E-state index contributed by atoms with van der Waals surface area (Å²) in [5, 5.41) is 8.58. The lowest BCUT2D eigenvalue weighted by atomic mass is 10.2. The molecule has 0 atom stereocenters. The van der Waals surface area contributed by atoms with E-state index in [-0.39, 0.29) is 0 Å². The van der Waals surface area contributed by atoms with Gasteiger partial charge in [-0.05, 0) is 0 Å². The number of aryl methyl sites for hydroxylation is 1. The minimum Gasteiger partial charge on any atom is -0.477 e. The summed E-state index contributed by atoms with van der Waals surface area (Å²) < 4.78 is 36.7. The molecule has 0 saturated carbocycles. The van der Waals surface area contributed by atoms with Crippen LogP contribution < -0.4 is 5.43 Å². The molecule has 0 aliphatic rings. The van der Waals surface area contributed by atoms with Gasteiger partial charge in [-0.2, -0.15) is 13.2 Å². The molecule has 0 unspecified atom stereocenters. The van der Waals surface area contributed by atoms with Gasteiger partial charge in [-0.3, -0.25) is 4.79 Å². The Kier molecular flexibility index (Phi) is 3.36. The molecule has 0 fully saturated rings. The Morgan fingerprint density at radius 2 is 2.06 bits per heavy atom. The van der Waals surface area contributed by atoms with Gasteiger partial charge in [0.1, 0.15) is 5.56 Å². The highest BCUT2D eigenvalue weighted by atomic mass is 19.4. The molecule has 1 aromatic heterocycles. The van der Waals surface area contributed by atoms with E-state index in [0.29, 0.717) is 0 Å². The predicted octanol–water partition coefficient (Wildman–Crippen LogP) is 1.50. The van der Waals surface area contributed by atoms with Crippen LogP contribution in [0.15, 0.2) is 23.3 Å². The predicted molar refractivity (Wildman–Crippen MR) is 48.3 cm³/mol. The van der Waals surface area contributed by atoms with Crippen molar-refractivity contribution in [1.29, 1.82) is 0 Å². The van der Waals surface area contributed by atoms with Crippen molar-refractivity contribution in [3.63, 3.8) is 0 Å². The standard InChI is InChI=1S/C9H8F3NO3/c10-9(11,12)2-4-13-3-1-7(14)6(5-13)8(15)16/h1,3,5H,2,4H2,(H,15,16). The van der Waals surface area contributed by atoms with E-state index in [4.69, 9.17) is 5.11 Å². The Labute approximate surface area is 87.9 Å². The maximum atomic E-state index is 11.9. The van der Waals surface area contributed by atoms with E-state index in [9.17, 15) is 22.8 Å². The second kappa shape index (κ2) is 4.38. The summed E-state index contributed by atoms with van der Waals surface area (Å²) in [5.41, 5.74) is -1.26. The first-order chi connectivity index (χ1) is 7.29. The number of halogens is 3. The van der Waals surface area contributed by atoms with Crippen LogP contribution in [0.4, 0.5) is 13.2 Å². The second-order valence-corrected chi connectivity index (χ2v) is 3.13. The van der Waals surface area contributed by atoms with Crippen molar-refractivity contribution in [2.75, 3.05) is 0 Å². The van der Waals surface area contributed by atoms with Crippen LogP contribution in [0.2, 0.25) is 0 Å². The van der Waals surface area contributed by atoms with Crippen LogP contribution in [0, 0.1) is 0 Å². The first-order valence-corrected chi connectivity index (χ1v) is 4.30. The van der Waals surface area contributed by atoms with Gasteiger partial charge in [0.05, 0.1) is 6.42 Å². The summed E-state index contributed by atoms with van der Waals surface area (Å²) >= 11 is 0. The molecule has 0 bridgehead atoms. The molecule has 0 spiro atoms. The number of pyridine rings is 1. The number of carbonyl (C=O) groups is 1. The second-order valence-electron chi connectivity index (χ2n) is 3.13. The van der Waals surface area contributed by atoms with Crippen molar-refractivity contribution in [2.45, 2.75) is 19.1 Å². The summed E-state index contributed by atoms with van der Waals surface area (Å²) in [5.74, 6) is -1.45. The van der Waals surface area contributed by atoms with Crippen molar-refractivity contribution in [1.82, 2.24) is 4.57 Å². The number of alkyl halides is 3. The zero-order valence-corrected chi connectivity index (χ0v) is 7.99. The lowest BCUT2D eigenvalue weighted by molar-refractivity contribution is -0.136. The van der Waals surface area contributed by atoms with E-state index in [0.717, 1.165) is 23.0 Å². The quantitative estimate of drug-likeness (QED) is 0.863. The van der Waals surface area contributed by atoms with Crippen molar-refractivity contribution in [3.05, 3.63) is 34.2 Å². The number of aromatic carboxylic acids is 1. The third-order valence-electron chi connectivity index (χ3n) is 1.86. The average Bonchev–Trinajstić information content (AvgIpc) is 2.14. The van der Waals surface area contributed by atoms with Crippen LogP contribution >= 0.6 is 0 Å². The Hall–Kier alpha value is -1.79. The van der Waals surface area contributed by atoms with E-state index < -0.39 is 36.1 Å². The molecular formula is C9H8F3NO3. The Bertz CT molecular complexity index is 450. The molecule has 16 heavy (non-hydrogen) atoms. The average molecular weight is 235 g/mol. The largest absolute Gasteiger partial charge is 0.477 e. The molecular weight excluding hydrogens is 227 g/mol. The zero-order valence-electron chi connectivity index (χ0n) is 7.99. The monoisotopic (exact) mass is 235 g/mol. The highest BCUT2D eigenvalue weighted by molar-refractivity contribution is 5.86. The third-order valence-corrected chi connectivity index (χ3v) is 1.86. The normalized spacial score (nSPS) is 11.4. The van der Waals surface area contributed by atoms with Crippen molar-refractivity contribution >= 4 is 5.97 Å². The van der Waals surface area contributed by atoms with E-state index >= 15 is 0 Å². The maximum absolute atomic E-state index is 11.9. The van der Waals surface area contributed by atoms with E-state index in [1.807, 2.05) is 0 Å². The number of hydrogen-bond donors (Lipinski definition) is 1. The topological polar surface area (TPSA) is 59.3 Å². The Morgan fingerprint density at radius 3 is 2.56 bits per heavy atom. The SMILES string of the molecule is O=C(O)c1cn(CCC(F)(F)F)ccc1=O. The summed E-state index contributed by atoms with van der Waals surface area (Å²) in [6.45, 7) is -0.413. The number of aromatic nitrogens is 1. The maximum Gasteiger partial charge on any atom is 0.390 e. The Balaban J connectivity index is 2.88. The number of carboxylic acid groups (broad SMARTS) is 1. The van der Waals surface area contributed by atoms with Crippen LogP contribution in [0.1, 0.15) is 16.8 Å². The van der Waals surface area contributed by atoms with E-state index in [2.05, 4.69) is 0 Å². The minimum absolute atomic E-state index is 0.413. The van der Waals surface area contributed by atoms with E-state index in [1.54, 1.807) is 0 Å². The first-order valence-electron chi connectivity index (χ1n) is 4.30. The van der Waals surface area contributed by atoms with Gasteiger partial charge in [0.2, 0.25) is 0 Å². The molecule has 1 aromatic rings. The zero-order chi connectivity index (χ0) is 12.3. The molecule has 0 saturated heterocycles. The van der Waals surface area contributed by atoms with Crippen LogP contribution in [0.5, 0.6) is 0 Å². The van der Waals surface area contributed by atoms with Crippen molar-refractivity contribution in [3.8, 4) is 0 Å².